The van der Waals surface area contributed by atoms with Gasteiger partial charge >= 0.3 is 0 Å². The van der Waals surface area contributed by atoms with E-state index in [1.165, 1.54) is 44.6 Å². The van der Waals surface area contributed by atoms with Crippen molar-refractivity contribution in [3.63, 3.8) is 0 Å². The molecule has 3 aromatic carbocycles. The minimum absolute atomic E-state index is 0.0639. The van der Waals surface area contributed by atoms with Crippen LogP contribution < -0.4 is 19.7 Å². The maximum Gasteiger partial charge on any atom is 0.248 e. The zero-order valence-electron chi connectivity index (χ0n) is 20.1. The molecule has 0 bridgehead atoms. The lowest BCUT2D eigenvalue weighted by molar-refractivity contribution is -0.133. The Morgan fingerprint density at radius 1 is 0.972 bits per heavy atom. The van der Waals surface area contributed by atoms with Crippen LogP contribution in [0.15, 0.2) is 71.6 Å². The van der Waals surface area contributed by atoms with E-state index in [1.54, 1.807) is 48.8 Å². The van der Waals surface area contributed by atoms with Crippen molar-refractivity contribution in [3.8, 4) is 17.2 Å². The summed E-state index contributed by atoms with van der Waals surface area (Å²) in [5.41, 5.74) is 2.69. The number of carbonyl (C=O) groups excluding carboxylic acids is 1. The van der Waals surface area contributed by atoms with Crippen molar-refractivity contribution in [2.75, 3.05) is 14.2 Å². The standard InChI is InChI=1S/C26H28FNO7S/c1-4-22(26(29)28-30)25(36(31,32)21-13-14-23(33-2)24(15-21)34-3)18-7-11-20(12-8-18)35-16-17-5-9-19(27)10-6-17/h5-15,22,25,30H,4,16H2,1-3H3,(H,28,29). The Kier molecular flexibility index (Phi) is 8.89. The maximum absolute atomic E-state index is 13.8. The Bertz CT molecular complexity index is 1280. The number of halogens is 1. The smallest absolute Gasteiger partial charge is 0.248 e. The fourth-order valence-electron chi connectivity index (χ4n) is 3.89. The number of carbonyl (C=O) groups is 1. The van der Waals surface area contributed by atoms with Crippen LogP contribution in [0, 0.1) is 11.7 Å². The van der Waals surface area contributed by atoms with Crippen LogP contribution in [-0.4, -0.2) is 33.8 Å². The summed E-state index contributed by atoms with van der Waals surface area (Å²) in [5, 5.41) is 7.98. The molecule has 0 aliphatic carbocycles. The third kappa shape index (κ3) is 5.95. The second kappa shape index (κ2) is 11.9. The SMILES string of the molecule is CCC(C(=O)NO)C(c1ccc(OCc2ccc(F)cc2)cc1)S(=O)(=O)c1ccc(OC)c(OC)c1. The topological polar surface area (TPSA) is 111 Å². The van der Waals surface area contributed by atoms with Crippen molar-refractivity contribution in [1.82, 2.24) is 5.48 Å². The lowest BCUT2D eigenvalue weighted by Crippen LogP contribution is -2.35. The Hall–Kier alpha value is -3.63. The monoisotopic (exact) mass is 517 g/mol. The van der Waals surface area contributed by atoms with Crippen molar-refractivity contribution in [1.29, 1.82) is 0 Å². The number of amides is 1. The van der Waals surface area contributed by atoms with Crippen LogP contribution in [0.5, 0.6) is 17.2 Å². The van der Waals surface area contributed by atoms with Crippen molar-refractivity contribution in [2.45, 2.75) is 30.1 Å². The highest BCUT2D eigenvalue weighted by Gasteiger charge is 2.39. The molecule has 2 atom stereocenters. The van der Waals surface area contributed by atoms with Crippen LogP contribution in [-0.2, 0) is 21.2 Å². The zero-order chi connectivity index (χ0) is 26.3. The van der Waals surface area contributed by atoms with E-state index < -0.39 is 26.9 Å². The summed E-state index contributed by atoms with van der Waals surface area (Å²) in [4.78, 5) is 12.4. The second-order valence-corrected chi connectivity index (χ2v) is 10.0. The summed E-state index contributed by atoms with van der Waals surface area (Å²) in [7, 11) is -1.30. The number of hydrogen-bond acceptors (Lipinski definition) is 7. The van der Waals surface area contributed by atoms with Gasteiger partial charge in [-0.1, -0.05) is 31.2 Å². The first-order chi connectivity index (χ1) is 17.2. The fourth-order valence-corrected chi connectivity index (χ4v) is 5.97. The normalized spacial score (nSPS) is 12.9. The molecule has 36 heavy (non-hydrogen) atoms. The largest absolute Gasteiger partial charge is 0.493 e. The van der Waals surface area contributed by atoms with Crippen molar-refractivity contribution >= 4 is 15.7 Å². The molecule has 10 heteroatoms. The first-order valence-electron chi connectivity index (χ1n) is 11.1. The van der Waals surface area contributed by atoms with Gasteiger partial charge in [-0.3, -0.25) is 10.0 Å². The highest BCUT2D eigenvalue weighted by Crippen LogP contribution is 2.40. The van der Waals surface area contributed by atoms with Crippen molar-refractivity contribution in [3.05, 3.63) is 83.7 Å². The van der Waals surface area contributed by atoms with E-state index in [2.05, 4.69) is 0 Å². The first-order valence-corrected chi connectivity index (χ1v) is 12.7. The van der Waals surface area contributed by atoms with Crippen LogP contribution in [0.25, 0.3) is 0 Å². The molecule has 8 nitrogen and oxygen atoms in total. The van der Waals surface area contributed by atoms with Gasteiger partial charge in [-0.25, -0.2) is 18.3 Å². The summed E-state index contributed by atoms with van der Waals surface area (Å²) >= 11 is 0. The van der Waals surface area contributed by atoms with Crippen LogP contribution in [0.1, 0.15) is 29.7 Å². The minimum atomic E-state index is -4.13. The molecule has 2 N–H and O–H groups in total. The Labute approximate surface area is 209 Å². The van der Waals surface area contributed by atoms with Crippen molar-refractivity contribution < 1.29 is 37.0 Å². The fraction of sp³-hybridized carbons (Fsp3) is 0.269. The molecule has 0 heterocycles. The number of benzene rings is 3. The van der Waals surface area contributed by atoms with Crippen LogP contribution >= 0.6 is 0 Å². The van der Waals surface area contributed by atoms with Gasteiger partial charge in [0.2, 0.25) is 5.91 Å². The molecule has 3 rings (SSSR count). The first kappa shape index (κ1) is 27.0. The molecule has 3 aromatic rings. The van der Waals surface area contributed by atoms with Gasteiger partial charge in [0.1, 0.15) is 23.4 Å². The summed E-state index contributed by atoms with van der Waals surface area (Å²) in [6, 6.07) is 16.4. The third-order valence-corrected chi connectivity index (χ3v) is 7.98. The number of ether oxygens (including phenoxy) is 3. The van der Waals surface area contributed by atoms with Gasteiger partial charge in [0.05, 0.1) is 25.0 Å². The van der Waals surface area contributed by atoms with Crippen LogP contribution in [0.2, 0.25) is 0 Å². The average molecular weight is 518 g/mol. The molecule has 0 saturated carbocycles. The van der Waals surface area contributed by atoms with Crippen LogP contribution in [0.3, 0.4) is 0 Å². The molecule has 0 spiro atoms. The van der Waals surface area contributed by atoms with E-state index in [0.717, 1.165) is 5.56 Å². The molecular weight excluding hydrogens is 489 g/mol. The molecule has 2 unspecified atom stereocenters. The summed E-state index contributed by atoms with van der Waals surface area (Å²) in [6.07, 6.45) is 0.145. The van der Waals surface area contributed by atoms with Gasteiger partial charge < -0.3 is 14.2 Å². The molecule has 0 aliphatic heterocycles. The van der Waals surface area contributed by atoms with Gasteiger partial charge in [-0.05, 0) is 53.9 Å². The second-order valence-electron chi connectivity index (χ2n) is 7.96. The highest BCUT2D eigenvalue weighted by molar-refractivity contribution is 7.91. The van der Waals surface area contributed by atoms with E-state index in [9.17, 15) is 22.8 Å². The molecular formula is C26H28FNO7S. The lowest BCUT2D eigenvalue weighted by Gasteiger charge is -2.25. The van der Waals surface area contributed by atoms with E-state index in [4.69, 9.17) is 14.2 Å². The predicted octanol–water partition coefficient (Wildman–Crippen LogP) is 4.47. The molecule has 0 aromatic heterocycles. The number of hydrogen-bond donors (Lipinski definition) is 2. The number of sulfone groups is 1. The third-order valence-electron chi connectivity index (χ3n) is 5.80. The Balaban J connectivity index is 1.97. The van der Waals surface area contributed by atoms with Gasteiger partial charge in [-0.15, -0.1) is 0 Å². The molecule has 192 valence electrons. The Morgan fingerprint density at radius 3 is 2.17 bits per heavy atom. The van der Waals surface area contributed by atoms with E-state index >= 15 is 0 Å². The van der Waals surface area contributed by atoms with E-state index in [1.807, 2.05) is 0 Å². The van der Waals surface area contributed by atoms with E-state index in [0.29, 0.717) is 17.1 Å². The average Bonchev–Trinajstić information content (AvgIpc) is 2.90. The number of hydroxylamine groups is 1. The highest BCUT2D eigenvalue weighted by atomic mass is 32.2. The minimum Gasteiger partial charge on any atom is -0.493 e. The quantitative estimate of drug-likeness (QED) is 0.285. The molecule has 1 amide bonds. The molecule has 0 radical (unpaired) electrons. The summed E-state index contributed by atoms with van der Waals surface area (Å²) in [6.45, 7) is 1.86. The maximum atomic E-state index is 13.8. The lowest BCUT2D eigenvalue weighted by atomic mass is 9.95. The van der Waals surface area contributed by atoms with Crippen LogP contribution in [0.4, 0.5) is 4.39 Å². The van der Waals surface area contributed by atoms with Gasteiger partial charge in [0, 0.05) is 6.07 Å². The van der Waals surface area contributed by atoms with Gasteiger partial charge in [0.25, 0.3) is 0 Å². The number of methoxy groups -OCH3 is 2. The van der Waals surface area contributed by atoms with E-state index in [-0.39, 0.29) is 29.5 Å². The number of nitrogens with one attached hydrogen (secondary N) is 1. The number of rotatable bonds is 11. The Morgan fingerprint density at radius 2 is 1.61 bits per heavy atom. The zero-order valence-corrected chi connectivity index (χ0v) is 20.9. The predicted molar refractivity (Wildman–Crippen MR) is 130 cm³/mol. The van der Waals surface area contributed by atoms with Crippen molar-refractivity contribution in [2.24, 2.45) is 5.92 Å². The molecule has 0 fully saturated rings. The molecule has 0 aliphatic rings. The van der Waals surface area contributed by atoms with Gasteiger partial charge in [0.15, 0.2) is 21.3 Å². The summed E-state index contributed by atoms with van der Waals surface area (Å²) in [5.74, 6) is -1.20. The van der Waals surface area contributed by atoms with Gasteiger partial charge in [-0.2, -0.15) is 0 Å². The molecule has 0 saturated heterocycles. The summed E-state index contributed by atoms with van der Waals surface area (Å²) < 4.78 is 56.9.